The Balaban J connectivity index is 2.43. The zero-order chi connectivity index (χ0) is 8.55. The number of allylic oxidation sites excluding steroid dienone is 4. The molecule has 1 aliphatic carbocycles. The first kappa shape index (κ1) is 7.03. The lowest BCUT2D eigenvalue weighted by molar-refractivity contribution is -0.116. The average molecular weight is 160 g/mol. The van der Waals surface area contributed by atoms with Crippen molar-refractivity contribution in [2.75, 3.05) is 0 Å². The van der Waals surface area contributed by atoms with Crippen molar-refractivity contribution in [2.45, 2.75) is 0 Å². The SMILES string of the molecule is NC1=NC2=CC=CC(=O)C2C=C1. The van der Waals surface area contributed by atoms with Gasteiger partial charge >= 0.3 is 0 Å². The first-order valence-electron chi connectivity index (χ1n) is 3.72. The molecule has 2 rings (SSSR count). The van der Waals surface area contributed by atoms with Gasteiger partial charge in [-0.05, 0) is 18.2 Å². The van der Waals surface area contributed by atoms with Crippen molar-refractivity contribution in [3.05, 3.63) is 36.1 Å². The second-order valence-corrected chi connectivity index (χ2v) is 2.73. The lowest BCUT2D eigenvalue weighted by atomic mass is 9.94. The van der Waals surface area contributed by atoms with E-state index in [9.17, 15) is 4.79 Å². The average Bonchev–Trinajstić information content (AvgIpc) is 2.04. The number of hydrogen-bond acceptors (Lipinski definition) is 3. The molecule has 1 atom stereocenters. The van der Waals surface area contributed by atoms with Crippen molar-refractivity contribution in [1.29, 1.82) is 0 Å². The van der Waals surface area contributed by atoms with Crippen molar-refractivity contribution < 1.29 is 4.79 Å². The molecule has 3 heteroatoms. The Labute approximate surface area is 70.0 Å². The van der Waals surface area contributed by atoms with Crippen LogP contribution in [0.5, 0.6) is 0 Å². The topological polar surface area (TPSA) is 55.4 Å². The predicted molar refractivity (Wildman–Crippen MR) is 46.5 cm³/mol. The highest BCUT2D eigenvalue weighted by atomic mass is 16.1. The fraction of sp³-hybridized carbons (Fsp3) is 0.111. The van der Waals surface area contributed by atoms with Gasteiger partial charge in [-0.3, -0.25) is 4.79 Å². The van der Waals surface area contributed by atoms with E-state index >= 15 is 0 Å². The maximum atomic E-state index is 11.2. The first-order chi connectivity index (χ1) is 5.77. The largest absolute Gasteiger partial charge is 0.384 e. The van der Waals surface area contributed by atoms with Gasteiger partial charge in [-0.2, -0.15) is 0 Å². The van der Waals surface area contributed by atoms with E-state index in [1.165, 1.54) is 0 Å². The number of nitrogens with two attached hydrogens (primary N) is 1. The lowest BCUT2D eigenvalue weighted by Gasteiger charge is -2.16. The third kappa shape index (κ3) is 0.993. The molecule has 2 aliphatic rings. The number of amidine groups is 1. The van der Waals surface area contributed by atoms with Crippen LogP contribution in [0.1, 0.15) is 0 Å². The maximum Gasteiger partial charge on any atom is 0.168 e. The van der Waals surface area contributed by atoms with Crippen LogP contribution in [-0.2, 0) is 4.79 Å². The van der Waals surface area contributed by atoms with Crippen LogP contribution in [0.3, 0.4) is 0 Å². The summed E-state index contributed by atoms with van der Waals surface area (Å²) in [5.74, 6) is 0.322. The number of nitrogens with zero attached hydrogens (tertiary/aromatic N) is 1. The summed E-state index contributed by atoms with van der Waals surface area (Å²) in [6.45, 7) is 0. The molecule has 0 aromatic heterocycles. The fourth-order valence-corrected chi connectivity index (χ4v) is 1.28. The molecule has 0 aromatic carbocycles. The Kier molecular flexibility index (Phi) is 1.43. The second-order valence-electron chi connectivity index (χ2n) is 2.73. The van der Waals surface area contributed by atoms with Gasteiger partial charge in [0.2, 0.25) is 0 Å². The molecule has 0 spiro atoms. The Morgan fingerprint density at radius 1 is 1.42 bits per heavy atom. The van der Waals surface area contributed by atoms with Crippen LogP contribution in [-0.4, -0.2) is 11.6 Å². The van der Waals surface area contributed by atoms with E-state index in [1.807, 2.05) is 6.08 Å². The smallest absolute Gasteiger partial charge is 0.168 e. The highest BCUT2D eigenvalue weighted by molar-refractivity contribution is 6.01. The van der Waals surface area contributed by atoms with E-state index in [-0.39, 0.29) is 11.7 Å². The van der Waals surface area contributed by atoms with Crippen molar-refractivity contribution >= 4 is 11.6 Å². The molecule has 0 saturated heterocycles. The van der Waals surface area contributed by atoms with E-state index in [0.29, 0.717) is 5.84 Å². The van der Waals surface area contributed by atoms with Crippen LogP contribution in [0.25, 0.3) is 0 Å². The molecule has 60 valence electrons. The Hall–Kier alpha value is -1.64. The molecule has 0 fully saturated rings. The van der Waals surface area contributed by atoms with Crippen molar-refractivity contribution in [3.8, 4) is 0 Å². The third-order valence-corrected chi connectivity index (χ3v) is 1.87. The quantitative estimate of drug-likeness (QED) is 0.562. The molecule has 0 aromatic rings. The Bertz CT molecular complexity index is 348. The van der Waals surface area contributed by atoms with Crippen LogP contribution in [0.4, 0.5) is 0 Å². The minimum absolute atomic E-state index is 0.0694. The number of rotatable bonds is 0. The summed E-state index contributed by atoms with van der Waals surface area (Å²) in [7, 11) is 0. The predicted octanol–water partition coefficient (Wildman–Crippen LogP) is 0.552. The van der Waals surface area contributed by atoms with Crippen LogP contribution in [0.15, 0.2) is 41.1 Å². The van der Waals surface area contributed by atoms with Gasteiger partial charge < -0.3 is 5.73 Å². The standard InChI is InChI=1S/C9H8N2O/c10-9-5-4-6-7(11-9)2-1-3-8(6)12/h1-6H,(H2,10,11). The third-order valence-electron chi connectivity index (χ3n) is 1.87. The molecule has 3 nitrogen and oxygen atoms in total. The molecular formula is C9H8N2O. The summed E-state index contributed by atoms with van der Waals surface area (Å²) < 4.78 is 0. The fourth-order valence-electron chi connectivity index (χ4n) is 1.28. The van der Waals surface area contributed by atoms with E-state index in [0.717, 1.165) is 5.70 Å². The van der Waals surface area contributed by atoms with Crippen LogP contribution >= 0.6 is 0 Å². The van der Waals surface area contributed by atoms with Crippen molar-refractivity contribution in [2.24, 2.45) is 16.6 Å². The number of ketones is 1. The molecule has 1 unspecified atom stereocenters. The summed E-state index contributed by atoms with van der Waals surface area (Å²) in [6.07, 6.45) is 8.50. The monoisotopic (exact) mass is 160 g/mol. The summed E-state index contributed by atoms with van der Waals surface area (Å²) in [6, 6.07) is 0. The van der Waals surface area contributed by atoms with Gasteiger partial charge in [0.1, 0.15) is 5.84 Å². The summed E-state index contributed by atoms with van der Waals surface area (Å²) in [5, 5.41) is 0. The number of dihydropyridines is 1. The van der Waals surface area contributed by atoms with Crippen molar-refractivity contribution in [3.63, 3.8) is 0 Å². The molecule has 1 heterocycles. The van der Waals surface area contributed by atoms with E-state index in [1.54, 1.807) is 24.3 Å². The molecule has 12 heavy (non-hydrogen) atoms. The van der Waals surface area contributed by atoms with Crippen molar-refractivity contribution in [1.82, 2.24) is 0 Å². The first-order valence-corrected chi connectivity index (χ1v) is 3.72. The molecule has 0 saturated carbocycles. The molecule has 0 radical (unpaired) electrons. The highest BCUT2D eigenvalue weighted by Gasteiger charge is 2.22. The number of aliphatic imine (C=N–C) groups is 1. The molecule has 1 aliphatic heterocycles. The van der Waals surface area contributed by atoms with Gasteiger partial charge in [0.15, 0.2) is 5.78 Å². The minimum Gasteiger partial charge on any atom is -0.384 e. The van der Waals surface area contributed by atoms with Gasteiger partial charge in [0.25, 0.3) is 0 Å². The number of carbonyl (C=O) groups is 1. The van der Waals surface area contributed by atoms with Gasteiger partial charge in [-0.15, -0.1) is 0 Å². The zero-order valence-electron chi connectivity index (χ0n) is 6.40. The molecule has 0 bridgehead atoms. The minimum atomic E-state index is -0.206. The van der Waals surface area contributed by atoms with Gasteiger partial charge in [-0.25, -0.2) is 4.99 Å². The normalized spacial score (nSPS) is 26.3. The Morgan fingerprint density at radius 3 is 3.08 bits per heavy atom. The van der Waals surface area contributed by atoms with Gasteiger partial charge in [0, 0.05) is 0 Å². The lowest BCUT2D eigenvalue weighted by Crippen LogP contribution is -2.21. The maximum absolute atomic E-state index is 11.2. The van der Waals surface area contributed by atoms with Gasteiger partial charge in [-0.1, -0.05) is 12.2 Å². The Morgan fingerprint density at radius 2 is 2.25 bits per heavy atom. The number of hydrogen-bond donors (Lipinski definition) is 1. The summed E-state index contributed by atoms with van der Waals surface area (Å²) in [5.41, 5.74) is 6.21. The zero-order valence-corrected chi connectivity index (χ0v) is 6.40. The second kappa shape index (κ2) is 2.44. The van der Waals surface area contributed by atoms with Gasteiger partial charge in [0.05, 0.1) is 11.6 Å². The van der Waals surface area contributed by atoms with Crippen LogP contribution in [0.2, 0.25) is 0 Å². The molecular weight excluding hydrogens is 152 g/mol. The number of carbonyl (C=O) groups excluding carboxylic acids is 1. The molecule has 2 N–H and O–H groups in total. The number of fused-ring (bicyclic) bond motifs is 1. The summed E-state index contributed by atoms with van der Waals surface area (Å²) in [4.78, 5) is 15.3. The van der Waals surface area contributed by atoms with Crippen LogP contribution < -0.4 is 5.73 Å². The highest BCUT2D eigenvalue weighted by Crippen LogP contribution is 2.22. The summed E-state index contributed by atoms with van der Waals surface area (Å²) >= 11 is 0. The van der Waals surface area contributed by atoms with E-state index in [4.69, 9.17) is 5.73 Å². The molecule has 0 amide bonds. The van der Waals surface area contributed by atoms with E-state index in [2.05, 4.69) is 4.99 Å². The van der Waals surface area contributed by atoms with E-state index < -0.39 is 0 Å². The van der Waals surface area contributed by atoms with Crippen LogP contribution in [0, 0.1) is 5.92 Å².